The Morgan fingerprint density at radius 1 is 1.15 bits per heavy atom. The minimum atomic E-state index is -0.260. The Morgan fingerprint density at radius 2 is 2.00 bits per heavy atom. The number of carbonyl (C=O) groups excluding carboxylic acids is 1. The molecule has 112 valence electrons. The van der Waals surface area contributed by atoms with Gasteiger partial charge in [-0.05, 0) is 62.7 Å². The van der Waals surface area contributed by atoms with Crippen LogP contribution in [-0.2, 0) is 9.53 Å². The van der Waals surface area contributed by atoms with Gasteiger partial charge in [-0.15, -0.1) is 6.58 Å². The standard InChI is InChI=1S/C17H26O3/c1-2-12-7-11(3-6-16(12)18)10-20-17(19)14-5-4-13-8-15(13)9-14/h2,11-16,18H,1,3-10H2. The van der Waals surface area contributed by atoms with Crippen molar-refractivity contribution < 1.29 is 14.6 Å². The third kappa shape index (κ3) is 3.08. The highest BCUT2D eigenvalue weighted by Gasteiger charge is 2.44. The Morgan fingerprint density at radius 3 is 2.75 bits per heavy atom. The molecule has 0 aliphatic heterocycles. The van der Waals surface area contributed by atoms with Gasteiger partial charge in [0.15, 0.2) is 0 Å². The van der Waals surface area contributed by atoms with Gasteiger partial charge in [0.2, 0.25) is 0 Å². The van der Waals surface area contributed by atoms with Crippen molar-refractivity contribution in [3.8, 4) is 0 Å². The molecule has 0 aromatic rings. The molecule has 3 saturated carbocycles. The van der Waals surface area contributed by atoms with Crippen LogP contribution in [0.25, 0.3) is 0 Å². The molecule has 0 saturated heterocycles. The molecule has 0 radical (unpaired) electrons. The second-order valence-electron chi connectivity index (χ2n) is 7.04. The molecule has 0 aromatic carbocycles. The molecule has 3 nitrogen and oxygen atoms in total. The van der Waals surface area contributed by atoms with Crippen LogP contribution in [0.5, 0.6) is 0 Å². The molecule has 0 bridgehead atoms. The van der Waals surface area contributed by atoms with Crippen LogP contribution in [0, 0.1) is 29.6 Å². The average Bonchev–Trinajstić information content (AvgIpc) is 3.24. The number of hydrogen-bond donors (Lipinski definition) is 1. The zero-order valence-corrected chi connectivity index (χ0v) is 12.2. The van der Waals surface area contributed by atoms with E-state index >= 15 is 0 Å². The first-order valence-electron chi connectivity index (χ1n) is 8.14. The number of aliphatic hydroxyl groups is 1. The van der Waals surface area contributed by atoms with Crippen LogP contribution in [0.1, 0.15) is 44.9 Å². The lowest BCUT2D eigenvalue weighted by Crippen LogP contribution is -2.31. The molecule has 3 heteroatoms. The Bertz CT molecular complexity index is 378. The molecule has 20 heavy (non-hydrogen) atoms. The largest absolute Gasteiger partial charge is 0.465 e. The van der Waals surface area contributed by atoms with Gasteiger partial charge < -0.3 is 9.84 Å². The summed E-state index contributed by atoms with van der Waals surface area (Å²) in [6.45, 7) is 4.31. The third-order valence-electron chi connectivity index (χ3n) is 5.61. The molecular weight excluding hydrogens is 252 g/mol. The van der Waals surface area contributed by atoms with E-state index in [0.29, 0.717) is 12.5 Å². The Balaban J connectivity index is 1.42. The molecule has 1 N–H and O–H groups in total. The summed E-state index contributed by atoms with van der Waals surface area (Å²) in [5.41, 5.74) is 0. The molecule has 6 unspecified atom stereocenters. The molecule has 3 fully saturated rings. The van der Waals surface area contributed by atoms with Crippen LogP contribution < -0.4 is 0 Å². The van der Waals surface area contributed by atoms with Gasteiger partial charge in [0, 0.05) is 5.92 Å². The first kappa shape index (κ1) is 14.1. The molecule has 3 rings (SSSR count). The third-order valence-corrected chi connectivity index (χ3v) is 5.61. The number of aliphatic hydroxyl groups excluding tert-OH is 1. The van der Waals surface area contributed by atoms with E-state index in [9.17, 15) is 9.90 Å². The molecule has 3 aliphatic rings. The minimum absolute atomic E-state index is 0.0247. The SMILES string of the molecule is C=CC1CC(COC(=O)C2CCC3CC3C2)CCC1O. The zero-order chi connectivity index (χ0) is 14.1. The van der Waals surface area contributed by atoms with Crippen molar-refractivity contribution >= 4 is 5.97 Å². The molecule has 0 heterocycles. The number of carbonyl (C=O) groups is 1. The van der Waals surface area contributed by atoms with Gasteiger partial charge in [-0.2, -0.15) is 0 Å². The molecule has 6 atom stereocenters. The molecule has 0 aromatic heterocycles. The van der Waals surface area contributed by atoms with E-state index in [1.807, 2.05) is 6.08 Å². The van der Waals surface area contributed by atoms with Gasteiger partial charge >= 0.3 is 5.97 Å². The molecule has 0 spiro atoms. The fourth-order valence-electron chi connectivity index (χ4n) is 4.07. The van der Waals surface area contributed by atoms with Crippen molar-refractivity contribution in [2.75, 3.05) is 6.61 Å². The van der Waals surface area contributed by atoms with Gasteiger partial charge in [-0.25, -0.2) is 0 Å². The van der Waals surface area contributed by atoms with Gasteiger partial charge in [-0.1, -0.05) is 6.08 Å². The first-order chi connectivity index (χ1) is 9.67. The summed E-state index contributed by atoms with van der Waals surface area (Å²) in [7, 11) is 0. The summed E-state index contributed by atoms with van der Waals surface area (Å²) in [5.74, 6) is 2.47. The smallest absolute Gasteiger partial charge is 0.308 e. The summed E-state index contributed by atoms with van der Waals surface area (Å²) < 4.78 is 5.56. The van der Waals surface area contributed by atoms with Crippen LogP contribution >= 0.6 is 0 Å². The summed E-state index contributed by atoms with van der Waals surface area (Å²) in [6.07, 6.45) is 8.87. The summed E-state index contributed by atoms with van der Waals surface area (Å²) in [4.78, 5) is 12.1. The van der Waals surface area contributed by atoms with Gasteiger partial charge in [0.1, 0.15) is 0 Å². The van der Waals surface area contributed by atoms with Crippen LogP contribution in [-0.4, -0.2) is 23.8 Å². The van der Waals surface area contributed by atoms with Gasteiger partial charge in [0.25, 0.3) is 0 Å². The maximum absolute atomic E-state index is 12.1. The normalized spacial score (nSPS) is 43.5. The summed E-state index contributed by atoms with van der Waals surface area (Å²) in [6, 6.07) is 0. The van der Waals surface area contributed by atoms with Gasteiger partial charge in [0.05, 0.1) is 18.6 Å². The Kier molecular flexibility index (Phi) is 4.16. The Hall–Kier alpha value is -0.830. The van der Waals surface area contributed by atoms with E-state index < -0.39 is 0 Å². The lowest BCUT2D eigenvalue weighted by molar-refractivity contribution is -0.151. The van der Waals surface area contributed by atoms with Crippen molar-refractivity contribution in [1.82, 2.24) is 0 Å². The highest BCUT2D eigenvalue weighted by Crippen LogP contribution is 2.51. The van der Waals surface area contributed by atoms with Gasteiger partial charge in [-0.3, -0.25) is 4.79 Å². The fraction of sp³-hybridized carbons (Fsp3) is 0.824. The highest BCUT2D eigenvalue weighted by molar-refractivity contribution is 5.72. The summed E-state index contributed by atoms with van der Waals surface area (Å²) in [5, 5.41) is 9.82. The molecule has 3 aliphatic carbocycles. The van der Waals surface area contributed by atoms with Crippen molar-refractivity contribution in [2.45, 2.75) is 51.0 Å². The lowest BCUT2D eigenvalue weighted by atomic mass is 9.80. The van der Waals surface area contributed by atoms with E-state index in [2.05, 4.69) is 6.58 Å². The number of ether oxygens (including phenoxy) is 1. The Labute approximate surface area is 121 Å². The van der Waals surface area contributed by atoms with E-state index in [4.69, 9.17) is 4.74 Å². The number of hydrogen-bond acceptors (Lipinski definition) is 3. The average molecular weight is 278 g/mol. The van der Waals surface area contributed by atoms with E-state index in [-0.39, 0.29) is 23.9 Å². The predicted octanol–water partition coefficient (Wildman–Crippen LogP) is 2.93. The number of rotatable bonds is 4. The predicted molar refractivity (Wildman–Crippen MR) is 76.9 cm³/mol. The quantitative estimate of drug-likeness (QED) is 0.635. The fourth-order valence-corrected chi connectivity index (χ4v) is 4.07. The van der Waals surface area contributed by atoms with Crippen molar-refractivity contribution in [2.24, 2.45) is 29.6 Å². The van der Waals surface area contributed by atoms with Crippen LogP contribution in [0.4, 0.5) is 0 Å². The van der Waals surface area contributed by atoms with Crippen molar-refractivity contribution in [3.63, 3.8) is 0 Å². The second kappa shape index (κ2) is 5.88. The van der Waals surface area contributed by atoms with E-state index in [1.54, 1.807) is 0 Å². The zero-order valence-electron chi connectivity index (χ0n) is 12.2. The van der Waals surface area contributed by atoms with Crippen LogP contribution in [0.3, 0.4) is 0 Å². The van der Waals surface area contributed by atoms with Crippen molar-refractivity contribution in [3.05, 3.63) is 12.7 Å². The minimum Gasteiger partial charge on any atom is -0.465 e. The van der Waals surface area contributed by atoms with E-state index in [1.165, 1.54) is 12.8 Å². The topological polar surface area (TPSA) is 46.5 Å². The van der Waals surface area contributed by atoms with E-state index in [0.717, 1.165) is 43.9 Å². The summed E-state index contributed by atoms with van der Waals surface area (Å²) >= 11 is 0. The maximum atomic E-state index is 12.1. The maximum Gasteiger partial charge on any atom is 0.308 e. The van der Waals surface area contributed by atoms with Crippen LogP contribution in [0.2, 0.25) is 0 Å². The monoisotopic (exact) mass is 278 g/mol. The molecule has 0 amide bonds. The highest BCUT2D eigenvalue weighted by atomic mass is 16.5. The number of fused-ring (bicyclic) bond motifs is 1. The number of esters is 1. The lowest BCUT2D eigenvalue weighted by Gasteiger charge is -2.31. The second-order valence-corrected chi connectivity index (χ2v) is 7.04. The first-order valence-corrected chi connectivity index (χ1v) is 8.14. The van der Waals surface area contributed by atoms with Crippen molar-refractivity contribution in [1.29, 1.82) is 0 Å². The van der Waals surface area contributed by atoms with Crippen LogP contribution in [0.15, 0.2) is 12.7 Å². The molecular formula is C17H26O3.